The number of benzene rings is 1. The first-order valence-corrected chi connectivity index (χ1v) is 7.66. The molecular weight excluding hydrogens is 322 g/mol. The van der Waals surface area contributed by atoms with E-state index in [9.17, 15) is 9.90 Å². The van der Waals surface area contributed by atoms with Gasteiger partial charge in [0.2, 0.25) is 5.91 Å². The normalized spacial score (nSPS) is 11.2. The molecule has 0 bridgehead atoms. The van der Waals surface area contributed by atoms with Crippen molar-refractivity contribution in [1.29, 1.82) is 0 Å². The van der Waals surface area contributed by atoms with Crippen LogP contribution in [0.25, 0.3) is 0 Å². The molecule has 0 atom stereocenters. The average Bonchev–Trinajstić information content (AvgIpc) is 2.47. The van der Waals surface area contributed by atoms with E-state index in [4.69, 9.17) is 4.74 Å². The quantitative estimate of drug-likeness (QED) is 0.762. The summed E-state index contributed by atoms with van der Waals surface area (Å²) in [7, 11) is 0. The SMILES string of the molecule is CCC(O)(CC)CNC(=O)CCOc1ccc(Br)cc1. The van der Waals surface area contributed by atoms with Gasteiger partial charge in [-0.25, -0.2) is 0 Å². The van der Waals surface area contributed by atoms with Crippen molar-refractivity contribution in [2.24, 2.45) is 0 Å². The van der Waals surface area contributed by atoms with Crippen LogP contribution in [0.1, 0.15) is 33.1 Å². The molecule has 4 nitrogen and oxygen atoms in total. The van der Waals surface area contributed by atoms with Gasteiger partial charge in [-0.3, -0.25) is 4.79 Å². The lowest BCUT2D eigenvalue weighted by atomic mass is 9.97. The van der Waals surface area contributed by atoms with Gasteiger partial charge in [-0.05, 0) is 37.1 Å². The van der Waals surface area contributed by atoms with Crippen LogP contribution < -0.4 is 10.1 Å². The van der Waals surface area contributed by atoms with Crippen molar-refractivity contribution in [2.75, 3.05) is 13.2 Å². The van der Waals surface area contributed by atoms with Crippen LogP contribution in [-0.4, -0.2) is 29.8 Å². The number of halogens is 1. The highest BCUT2D eigenvalue weighted by Crippen LogP contribution is 2.16. The molecule has 0 aromatic heterocycles. The molecule has 1 amide bonds. The monoisotopic (exact) mass is 343 g/mol. The number of carbonyl (C=O) groups is 1. The minimum Gasteiger partial charge on any atom is -0.493 e. The van der Waals surface area contributed by atoms with Gasteiger partial charge < -0.3 is 15.2 Å². The van der Waals surface area contributed by atoms with Crippen LogP contribution in [0.4, 0.5) is 0 Å². The Morgan fingerprint density at radius 3 is 2.45 bits per heavy atom. The number of rotatable bonds is 8. The summed E-state index contributed by atoms with van der Waals surface area (Å²) in [6.45, 7) is 4.43. The maximum Gasteiger partial charge on any atom is 0.223 e. The summed E-state index contributed by atoms with van der Waals surface area (Å²) in [5, 5.41) is 12.8. The summed E-state index contributed by atoms with van der Waals surface area (Å²) in [5.74, 6) is 0.627. The summed E-state index contributed by atoms with van der Waals surface area (Å²) >= 11 is 3.35. The van der Waals surface area contributed by atoms with Gasteiger partial charge in [0.15, 0.2) is 0 Å². The average molecular weight is 344 g/mol. The van der Waals surface area contributed by atoms with Crippen LogP contribution in [0.2, 0.25) is 0 Å². The molecule has 112 valence electrons. The van der Waals surface area contributed by atoms with Crippen molar-refractivity contribution in [3.05, 3.63) is 28.7 Å². The molecule has 0 aliphatic heterocycles. The molecule has 0 fully saturated rings. The minimum atomic E-state index is -0.803. The highest BCUT2D eigenvalue weighted by Gasteiger charge is 2.22. The molecule has 1 aromatic carbocycles. The maximum absolute atomic E-state index is 11.7. The van der Waals surface area contributed by atoms with E-state index in [0.29, 0.717) is 19.4 Å². The first-order valence-electron chi connectivity index (χ1n) is 6.86. The van der Waals surface area contributed by atoms with Crippen LogP contribution in [-0.2, 0) is 4.79 Å². The van der Waals surface area contributed by atoms with Crippen LogP contribution in [0.3, 0.4) is 0 Å². The summed E-state index contributed by atoms with van der Waals surface area (Å²) in [5.41, 5.74) is -0.803. The Bertz CT molecular complexity index is 416. The fourth-order valence-corrected chi connectivity index (χ4v) is 1.91. The van der Waals surface area contributed by atoms with Crippen LogP contribution >= 0.6 is 15.9 Å². The lowest BCUT2D eigenvalue weighted by Gasteiger charge is -2.25. The molecule has 1 aromatic rings. The molecule has 5 heteroatoms. The number of amides is 1. The van der Waals surface area contributed by atoms with Gasteiger partial charge in [-0.15, -0.1) is 0 Å². The van der Waals surface area contributed by atoms with Crippen molar-refractivity contribution < 1.29 is 14.6 Å². The molecule has 0 heterocycles. The number of aliphatic hydroxyl groups is 1. The number of nitrogens with one attached hydrogen (secondary N) is 1. The maximum atomic E-state index is 11.7. The Labute approximate surface area is 128 Å². The molecule has 0 unspecified atom stereocenters. The molecule has 0 saturated carbocycles. The van der Waals surface area contributed by atoms with Gasteiger partial charge in [0.1, 0.15) is 5.75 Å². The Morgan fingerprint density at radius 1 is 1.30 bits per heavy atom. The lowest BCUT2D eigenvalue weighted by Crippen LogP contribution is -2.42. The third-order valence-electron chi connectivity index (χ3n) is 3.34. The van der Waals surface area contributed by atoms with E-state index in [1.165, 1.54) is 0 Å². The molecular formula is C15H22BrNO3. The highest BCUT2D eigenvalue weighted by atomic mass is 79.9. The standard InChI is InChI=1S/C15H22BrNO3/c1-3-15(19,4-2)11-17-14(18)9-10-20-13-7-5-12(16)6-8-13/h5-8,19H,3-4,9-11H2,1-2H3,(H,17,18). The van der Waals surface area contributed by atoms with Gasteiger partial charge in [0.25, 0.3) is 0 Å². The van der Waals surface area contributed by atoms with Crippen molar-refractivity contribution in [1.82, 2.24) is 5.32 Å². The topological polar surface area (TPSA) is 58.6 Å². The van der Waals surface area contributed by atoms with Crippen molar-refractivity contribution in [2.45, 2.75) is 38.7 Å². The Hall–Kier alpha value is -1.07. The van der Waals surface area contributed by atoms with E-state index in [1.54, 1.807) is 0 Å². The van der Waals surface area contributed by atoms with Gasteiger partial charge in [0.05, 0.1) is 18.6 Å². The molecule has 1 rings (SSSR count). The summed E-state index contributed by atoms with van der Waals surface area (Å²) in [6.07, 6.45) is 1.53. The highest BCUT2D eigenvalue weighted by molar-refractivity contribution is 9.10. The van der Waals surface area contributed by atoms with Gasteiger partial charge in [-0.2, -0.15) is 0 Å². The summed E-state index contributed by atoms with van der Waals surface area (Å²) in [6, 6.07) is 7.46. The van der Waals surface area contributed by atoms with Crippen molar-refractivity contribution in [3.8, 4) is 5.75 Å². The third-order valence-corrected chi connectivity index (χ3v) is 3.87. The smallest absolute Gasteiger partial charge is 0.223 e. The number of hydrogen-bond donors (Lipinski definition) is 2. The zero-order chi connectivity index (χ0) is 15.0. The zero-order valence-electron chi connectivity index (χ0n) is 12.0. The molecule has 0 aliphatic rings. The largest absolute Gasteiger partial charge is 0.493 e. The van der Waals surface area contributed by atoms with E-state index in [-0.39, 0.29) is 18.9 Å². The van der Waals surface area contributed by atoms with E-state index in [2.05, 4.69) is 21.2 Å². The Morgan fingerprint density at radius 2 is 1.90 bits per heavy atom. The van der Waals surface area contributed by atoms with Gasteiger partial charge in [0, 0.05) is 11.0 Å². The van der Waals surface area contributed by atoms with E-state index in [0.717, 1.165) is 10.2 Å². The van der Waals surface area contributed by atoms with Crippen molar-refractivity contribution in [3.63, 3.8) is 0 Å². The predicted octanol–water partition coefficient (Wildman–Crippen LogP) is 2.89. The molecule has 0 aliphatic carbocycles. The van der Waals surface area contributed by atoms with E-state index < -0.39 is 5.60 Å². The third kappa shape index (κ3) is 5.92. The molecule has 2 N–H and O–H groups in total. The fraction of sp³-hybridized carbons (Fsp3) is 0.533. The number of hydrogen-bond acceptors (Lipinski definition) is 3. The second-order valence-electron chi connectivity index (χ2n) is 4.76. The second kappa shape index (κ2) is 8.27. The van der Waals surface area contributed by atoms with Gasteiger partial charge >= 0.3 is 0 Å². The lowest BCUT2D eigenvalue weighted by molar-refractivity contribution is -0.122. The summed E-state index contributed by atoms with van der Waals surface area (Å²) < 4.78 is 6.46. The molecule has 20 heavy (non-hydrogen) atoms. The van der Waals surface area contributed by atoms with Crippen LogP contribution in [0.5, 0.6) is 5.75 Å². The van der Waals surface area contributed by atoms with Gasteiger partial charge in [-0.1, -0.05) is 29.8 Å². The van der Waals surface area contributed by atoms with E-state index >= 15 is 0 Å². The zero-order valence-corrected chi connectivity index (χ0v) is 13.6. The fourth-order valence-electron chi connectivity index (χ4n) is 1.64. The molecule has 0 saturated heterocycles. The summed E-state index contributed by atoms with van der Waals surface area (Å²) in [4.78, 5) is 11.7. The minimum absolute atomic E-state index is 0.109. The predicted molar refractivity (Wildman–Crippen MR) is 82.8 cm³/mol. The molecule has 0 radical (unpaired) electrons. The first kappa shape index (κ1) is 17.0. The van der Waals surface area contributed by atoms with Crippen molar-refractivity contribution >= 4 is 21.8 Å². The van der Waals surface area contributed by atoms with E-state index in [1.807, 2.05) is 38.1 Å². The first-order chi connectivity index (χ1) is 9.49. The Kier molecular flexibility index (Phi) is 7.02. The number of carbonyl (C=O) groups excluding carboxylic acids is 1. The van der Waals surface area contributed by atoms with Crippen LogP contribution in [0.15, 0.2) is 28.7 Å². The number of ether oxygens (including phenoxy) is 1. The molecule has 0 spiro atoms. The second-order valence-corrected chi connectivity index (χ2v) is 5.68. The Balaban J connectivity index is 2.25. The van der Waals surface area contributed by atoms with Crippen LogP contribution in [0, 0.1) is 0 Å².